The standard InChI is InChI=1S/C11H12ClF2O/c1-2-15-10-5-3-8(7-9(10)12)4-6-11(13)14/h3-5,7,11H,2,6H2,1H3. The summed E-state index contributed by atoms with van der Waals surface area (Å²) in [6.07, 6.45) is -1.13. The molecular formula is C11H12ClF2O. The Bertz CT molecular complexity index is 315. The molecule has 1 aromatic carbocycles. The third-order valence-corrected chi connectivity index (χ3v) is 2.08. The zero-order valence-corrected chi connectivity index (χ0v) is 9.10. The van der Waals surface area contributed by atoms with Gasteiger partial charge in [-0.15, -0.1) is 0 Å². The van der Waals surface area contributed by atoms with E-state index in [0.29, 0.717) is 22.9 Å². The summed E-state index contributed by atoms with van der Waals surface area (Å²) in [7, 11) is 0. The lowest BCUT2D eigenvalue weighted by Gasteiger charge is -2.07. The summed E-state index contributed by atoms with van der Waals surface area (Å²) in [6, 6.07) is 5.01. The molecule has 0 aliphatic carbocycles. The van der Waals surface area contributed by atoms with E-state index in [1.165, 1.54) is 6.42 Å². The molecule has 15 heavy (non-hydrogen) atoms. The number of hydrogen-bond acceptors (Lipinski definition) is 1. The van der Waals surface area contributed by atoms with E-state index >= 15 is 0 Å². The molecule has 0 saturated carbocycles. The quantitative estimate of drug-likeness (QED) is 0.748. The monoisotopic (exact) mass is 233 g/mol. The third-order valence-electron chi connectivity index (χ3n) is 1.79. The topological polar surface area (TPSA) is 9.23 Å². The fourth-order valence-electron chi connectivity index (χ4n) is 1.14. The molecule has 4 heteroatoms. The molecule has 0 amide bonds. The van der Waals surface area contributed by atoms with E-state index in [2.05, 4.69) is 0 Å². The molecule has 0 aromatic heterocycles. The zero-order valence-electron chi connectivity index (χ0n) is 8.34. The number of benzene rings is 1. The Hall–Kier alpha value is -0.830. The van der Waals surface area contributed by atoms with Crippen LogP contribution in [0.4, 0.5) is 8.78 Å². The van der Waals surface area contributed by atoms with E-state index in [4.69, 9.17) is 16.3 Å². The van der Waals surface area contributed by atoms with Gasteiger partial charge in [-0.25, -0.2) is 8.78 Å². The van der Waals surface area contributed by atoms with Crippen molar-refractivity contribution >= 4 is 11.6 Å². The van der Waals surface area contributed by atoms with Crippen molar-refractivity contribution in [1.29, 1.82) is 0 Å². The number of rotatable bonds is 5. The maximum atomic E-state index is 11.9. The molecule has 0 heterocycles. The Morgan fingerprint density at radius 1 is 1.47 bits per heavy atom. The summed E-state index contributed by atoms with van der Waals surface area (Å²) in [4.78, 5) is 0. The molecule has 1 rings (SSSR count). The van der Waals surface area contributed by atoms with E-state index in [1.807, 2.05) is 6.92 Å². The van der Waals surface area contributed by atoms with Gasteiger partial charge >= 0.3 is 0 Å². The zero-order chi connectivity index (χ0) is 11.3. The summed E-state index contributed by atoms with van der Waals surface area (Å²) in [6.45, 7) is 2.38. The van der Waals surface area contributed by atoms with Gasteiger partial charge in [0, 0.05) is 6.42 Å². The first kappa shape index (κ1) is 12.2. The number of hydrogen-bond donors (Lipinski definition) is 0. The Balaban J connectivity index is 2.64. The minimum Gasteiger partial charge on any atom is -0.492 e. The lowest BCUT2D eigenvalue weighted by atomic mass is 10.1. The van der Waals surface area contributed by atoms with Crippen LogP contribution >= 0.6 is 11.6 Å². The van der Waals surface area contributed by atoms with Crippen LogP contribution in [0.2, 0.25) is 5.02 Å². The molecular weight excluding hydrogens is 222 g/mol. The van der Waals surface area contributed by atoms with E-state index in [-0.39, 0.29) is 6.42 Å². The lowest BCUT2D eigenvalue weighted by Crippen LogP contribution is -1.94. The Morgan fingerprint density at radius 3 is 2.73 bits per heavy atom. The molecule has 0 fully saturated rings. The number of alkyl halides is 2. The Morgan fingerprint density at radius 2 is 2.20 bits per heavy atom. The Kier molecular flexibility index (Phi) is 4.82. The molecule has 1 aromatic rings. The van der Waals surface area contributed by atoms with Crippen LogP contribution in [0, 0.1) is 6.42 Å². The third kappa shape index (κ3) is 4.04. The predicted molar refractivity (Wildman–Crippen MR) is 56.6 cm³/mol. The van der Waals surface area contributed by atoms with Gasteiger partial charge in [-0.1, -0.05) is 17.7 Å². The van der Waals surface area contributed by atoms with Crippen LogP contribution in [0.25, 0.3) is 0 Å². The first-order valence-electron chi connectivity index (χ1n) is 4.67. The van der Waals surface area contributed by atoms with Crippen LogP contribution in [-0.2, 0) is 0 Å². The molecule has 0 saturated heterocycles. The highest BCUT2D eigenvalue weighted by Gasteiger charge is 2.06. The van der Waals surface area contributed by atoms with E-state index < -0.39 is 6.43 Å². The van der Waals surface area contributed by atoms with Crippen LogP contribution < -0.4 is 4.74 Å². The summed E-state index contributed by atoms with van der Waals surface area (Å²) < 4.78 is 29.1. The Labute approximate surface area is 93.0 Å². The van der Waals surface area contributed by atoms with Gasteiger partial charge in [0.25, 0.3) is 0 Å². The predicted octanol–water partition coefficient (Wildman–Crippen LogP) is 3.95. The van der Waals surface area contributed by atoms with Gasteiger partial charge in [0.1, 0.15) is 5.75 Å². The van der Waals surface area contributed by atoms with Crippen molar-refractivity contribution in [2.45, 2.75) is 19.8 Å². The first-order chi connectivity index (χ1) is 7.13. The van der Waals surface area contributed by atoms with Crippen LogP contribution in [0.15, 0.2) is 18.2 Å². The first-order valence-corrected chi connectivity index (χ1v) is 5.05. The van der Waals surface area contributed by atoms with Gasteiger partial charge in [-0.05, 0) is 31.0 Å². The summed E-state index contributed by atoms with van der Waals surface area (Å²) in [5.74, 6) is 0.577. The molecule has 1 nitrogen and oxygen atoms in total. The average molecular weight is 234 g/mol. The average Bonchev–Trinajstić information content (AvgIpc) is 2.19. The highest BCUT2D eigenvalue weighted by Crippen LogP contribution is 2.26. The lowest BCUT2D eigenvalue weighted by molar-refractivity contribution is 0.148. The van der Waals surface area contributed by atoms with E-state index in [9.17, 15) is 8.78 Å². The van der Waals surface area contributed by atoms with E-state index in [0.717, 1.165) is 0 Å². The molecule has 0 unspecified atom stereocenters. The SMILES string of the molecule is CCOc1ccc([CH]CC(F)F)cc1Cl. The van der Waals surface area contributed by atoms with Crippen molar-refractivity contribution in [2.75, 3.05) is 6.61 Å². The number of halogens is 3. The maximum Gasteiger partial charge on any atom is 0.239 e. The van der Waals surface area contributed by atoms with Crippen LogP contribution in [0.1, 0.15) is 18.9 Å². The maximum absolute atomic E-state index is 11.9. The van der Waals surface area contributed by atoms with Crippen LogP contribution in [0.3, 0.4) is 0 Å². The van der Waals surface area contributed by atoms with Gasteiger partial charge in [0.15, 0.2) is 0 Å². The summed E-state index contributed by atoms with van der Waals surface area (Å²) >= 11 is 5.89. The minimum absolute atomic E-state index is 0.260. The molecule has 83 valence electrons. The fourth-order valence-corrected chi connectivity index (χ4v) is 1.39. The smallest absolute Gasteiger partial charge is 0.239 e. The second-order valence-corrected chi connectivity index (χ2v) is 3.36. The van der Waals surface area contributed by atoms with Gasteiger partial charge in [-0.2, -0.15) is 0 Å². The van der Waals surface area contributed by atoms with Crippen molar-refractivity contribution in [3.8, 4) is 5.75 Å². The van der Waals surface area contributed by atoms with Gasteiger partial charge in [0.05, 0.1) is 11.6 Å². The van der Waals surface area contributed by atoms with Crippen molar-refractivity contribution in [3.63, 3.8) is 0 Å². The van der Waals surface area contributed by atoms with Gasteiger partial charge in [0.2, 0.25) is 6.43 Å². The van der Waals surface area contributed by atoms with Crippen LogP contribution in [-0.4, -0.2) is 13.0 Å². The minimum atomic E-state index is -2.32. The summed E-state index contributed by atoms with van der Waals surface area (Å²) in [5.41, 5.74) is 0.684. The molecule has 0 bridgehead atoms. The van der Waals surface area contributed by atoms with Crippen molar-refractivity contribution in [3.05, 3.63) is 35.2 Å². The molecule has 0 aliphatic rings. The second kappa shape index (κ2) is 5.91. The number of ether oxygens (including phenoxy) is 1. The molecule has 0 aliphatic heterocycles. The highest BCUT2D eigenvalue weighted by molar-refractivity contribution is 6.32. The van der Waals surface area contributed by atoms with Crippen molar-refractivity contribution in [2.24, 2.45) is 0 Å². The van der Waals surface area contributed by atoms with Gasteiger partial charge in [-0.3, -0.25) is 0 Å². The van der Waals surface area contributed by atoms with Crippen LogP contribution in [0.5, 0.6) is 5.75 Å². The van der Waals surface area contributed by atoms with Crippen molar-refractivity contribution in [1.82, 2.24) is 0 Å². The second-order valence-electron chi connectivity index (χ2n) is 2.95. The van der Waals surface area contributed by atoms with E-state index in [1.54, 1.807) is 18.2 Å². The fraction of sp³-hybridized carbons (Fsp3) is 0.364. The summed E-state index contributed by atoms with van der Waals surface area (Å²) in [5, 5.41) is 0.444. The highest BCUT2D eigenvalue weighted by atomic mass is 35.5. The van der Waals surface area contributed by atoms with Gasteiger partial charge < -0.3 is 4.74 Å². The van der Waals surface area contributed by atoms with Crippen molar-refractivity contribution < 1.29 is 13.5 Å². The molecule has 0 spiro atoms. The molecule has 1 radical (unpaired) electrons. The largest absolute Gasteiger partial charge is 0.492 e. The normalized spacial score (nSPS) is 10.7. The molecule has 0 N–H and O–H groups in total. The molecule has 0 atom stereocenters.